The Kier molecular flexibility index (Phi) is 5.91. The normalized spacial score (nSPS) is 20.8. The molecule has 0 radical (unpaired) electrons. The fourth-order valence-electron chi connectivity index (χ4n) is 3.35. The van der Waals surface area contributed by atoms with Gasteiger partial charge in [-0.1, -0.05) is 0 Å². The highest BCUT2D eigenvalue weighted by Gasteiger charge is 2.38. The van der Waals surface area contributed by atoms with Gasteiger partial charge >= 0.3 is 12.1 Å². The van der Waals surface area contributed by atoms with Gasteiger partial charge in [0.05, 0.1) is 0 Å². The minimum atomic E-state index is -5.08. The van der Waals surface area contributed by atoms with Crippen LogP contribution in [0.25, 0.3) is 0 Å². The molecule has 2 aliphatic heterocycles. The van der Waals surface area contributed by atoms with E-state index in [-0.39, 0.29) is 0 Å². The Hall–Kier alpha value is -2.89. The van der Waals surface area contributed by atoms with Gasteiger partial charge < -0.3 is 20.6 Å². The Morgan fingerprint density at radius 1 is 1.21 bits per heavy atom. The minimum absolute atomic E-state index is 0.597. The van der Waals surface area contributed by atoms with Crippen molar-refractivity contribution in [3.05, 3.63) is 23.5 Å². The molecule has 0 unspecified atom stereocenters. The number of carboxylic acids is 1. The summed E-state index contributed by atoms with van der Waals surface area (Å²) in [6, 6.07) is 5.20. The van der Waals surface area contributed by atoms with E-state index in [2.05, 4.69) is 41.8 Å². The molecule has 2 aliphatic rings. The molecule has 2 aromatic heterocycles. The second-order valence-electron chi connectivity index (χ2n) is 7.10. The predicted molar refractivity (Wildman–Crippen MR) is 99.2 cm³/mol. The van der Waals surface area contributed by atoms with Crippen LogP contribution in [0.1, 0.15) is 24.2 Å². The van der Waals surface area contributed by atoms with Crippen molar-refractivity contribution < 1.29 is 23.1 Å². The summed E-state index contributed by atoms with van der Waals surface area (Å²) < 4.78 is 31.7. The van der Waals surface area contributed by atoms with Crippen molar-refractivity contribution >= 4 is 23.6 Å². The zero-order valence-corrected chi connectivity index (χ0v) is 15.9. The summed E-state index contributed by atoms with van der Waals surface area (Å²) in [4.78, 5) is 20.4. The summed E-state index contributed by atoms with van der Waals surface area (Å²) in [5.74, 6) is -0.407. The Morgan fingerprint density at radius 3 is 2.34 bits per heavy atom. The monoisotopic (exact) mass is 413 g/mol. The number of aromatic nitrogens is 4. The number of hydrogen-bond donors (Lipinski definition) is 4. The van der Waals surface area contributed by atoms with E-state index in [1.54, 1.807) is 0 Å². The predicted octanol–water partition coefficient (Wildman–Crippen LogP) is 2.13. The molecule has 4 N–H and O–H groups in total. The molecule has 2 fully saturated rings. The standard InChI is InChI=1S/C15H21N7.C2HF3O2/c1-9-6-14(22-7-11-3-4-12(8-22)17-11)19-15(16-9)18-13-5-10(2)20-21-13;3-2(4,5)1(6)7/h5-6,11-12,17H,3-4,7-8H2,1-2H3,(H2,16,18,19,20,21);(H,6,7)/t11-,12+;. The van der Waals surface area contributed by atoms with E-state index in [0.717, 1.165) is 36.1 Å². The zero-order valence-electron chi connectivity index (χ0n) is 15.9. The third-order valence-corrected chi connectivity index (χ3v) is 4.57. The molecule has 4 rings (SSSR count). The highest BCUT2D eigenvalue weighted by Crippen LogP contribution is 2.25. The number of aromatic amines is 1. The van der Waals surface area contributed by atoms with Crippen molar-refractivity contribution in [2.24, 2.45) is 0 Å². The second-order valence-corrected chi connectivity index (χ2v) is 7.10. The van der Waals surface area contributed by atoms with Crippen LogP contribution in [0.3, 0.4) is 0 Å². The summed E-state index contributed by atoms with van der Waals surface area (Å²) in [5, 5.41) is 21.0. The lowest BCUT2D eigenvalue weighted by atomic mass is 10.2. The highest BCUT2D eigenvalue weighted by molar-refractivity contribution is 5.73. The lowest BCUT2D eigenvalue weighted by molar-refractivity contribution is -0.192. The zero-order chi connectivity index (χ0) is 21.2. The Bertz CT molecular complexity index is 859. The van der Waals surface area contributed by atoms with Gasteiger partial charge in [0, 0.05) is 48.7 Å². The van der Waals surface area contributed by atoms with Crippen LogP contribution in [-0.4, -0.2) is 62.6 Å². The number of carboxylic acid groups (broad SMARTS) is 1. The molecule has 2 aromatic rings. The van der Waals surface area contributed by atoms with Gasteiger partial charge in [0.25, 0.3) is 0 Å². The van der Waals surface area contributed by atoms with Gasteiger partial charge in [-0.3, -0.25) is 5.10 Å². The number of aliphatic carboxylic acids is 1. The van der Waals surface area contributed by atoms with Crippen molar-refractivity contribution in [1.29, 1.82) is 0 Å². The molecular weight excluding hydrogens is 391 g/mol. The number of hydrogen-bond acceptors (Lipinski definition) is 7. The Balaban J connectivity index is 0.000000298. The largest absolute Gasteiger partial charge is 0.490 e. The van der Waals surface area contributed by atoms with Gasteiger partial charge in [0.1, 0.15) is 5.82 Å². The second kappa shape index (κ2) is 8.23. The number of rotatable bonds is 3. The van der Waals surface area contributed by atoms with Crippen molar-refractivity contribution in [1.82, 2.24) is 25.5 Å². The van der Waals surface area contributed by atoms with Crippen LogP contribution in [0, 0.1) is 13.8 Å². The third-order valence-electron chi connectivity index (χ3n) is 4.57. The number of alkyl halides is 3. The Morgan fingerprint density at radius 2 is 1.83 bits per heavy atom. The average molecular weight is 413 g/mol. The van der Waals surface area contributed by atoms with E-state index in [1.165, 1.54) is 12.8 Å². The summed E-state index contributed by atoms with van der Waals surface area (Å²) in [7, 11) is 0. The fraction of sp³-hybridized carbons (Fsp3) is 0.529. The van der Waals surface area contributed by atoms with Crippen LogP contribution in [-0.2, 0) is 4.79 Å². The van der Waals surface area contributed by atoms with E-state index >= 15 is 0 Å². The lowest BCUT2D eigenvalue weighted by Crippen LogP contribution is -2.51. The van der Waals surface area contributed by atoms with E-state index in [1.807, 2.05) is 19.9 Å². The molecule has 0 amide bonds. The molecule has 29 heavy (non-hydrogen) atoms. The van der Waals surface area contributed by atoms with Crippen LogP contribution in [0.5, 0.6) is 0 Å². The molecule has 2 bridgehead atoms. The first-order valence-electron chi connectivity index (χ1n) is 9.06. The number of piperazine rings is 1. The maximum atomic E-state index is 10.6. The maximum absolute atomic E-state index is 10.6. The highest BCUT2D eigenvalue weighted by atomic mass is 19.4. The average Bonchev–Trinajstić information content (AvgIpc) is 3.18. The van der Waals surface area contributed by atoms with Crippen LogP contribution in [0.15, 0.2) is 12.1 Å². The molecule has 0 spiro atoms. The van der Waals surface area contributed by atoms with E-state index < -0.39 is 12.1 Å². The molecule has 4 heterocycles. The number of H-pyrrole nitrogens is 1. The summed E-state index contributed by atoms with van der Waals surface area (Å²) in [6.45, 7) is 6.02. The lowest BCUT2D eigenvalue weighted by Gasteiger charge is -2.33. The SMILES string of the molecule is Cc1cc(N2C[C@H]3CC[C@@H](C2)N3)nc(Nc2cc(C)[nH]n2)n1.O=C(O)C(F)(F)F. The number of aryl methyl sites for hydroxylation is 2. The topological polar surface area (TPSA) is 119 Å². The summed E-state index contributed by atoms with van der Waals surface area (Å²) in [6.07, 6.45) is -2.55. The van der Waals surface area contributed by atoms with Gasteiger partial charge in [0.15, 0.2) is 5.82 Å². The molecule has 12 heteroatoms. The van der Waals surface area contributed by atoms with Crippen molar-refractivity contribution in [2.75, 3.05) is 23.3 Å². The molecule has 158 valence electrons. The fourth-order valence-corrected chi connectivity index (χ4v) is 3.35. The van der Waals surface area contributed by atoms with Crippen molar-refractivity contribution in [3.63, 3.8) is 0 Å². The van der Waals surface area contributed by atoms with E-state index in [4.69, 9.17) is 9.90 Å². The quantitative estimate of drug-likeness (QED) is 0.604. The first-order chi connectivity index (χ1) is 13.6. The van der Waals surface area contributed by atoms with E-state index in [0.29, 0.717) is 18.0 Å². The van der Waals surface area contributed by atoms with Gasteiger partial charge in [-0.15, -0.1) is 0 Å². The Labute approximate surface area is 164 Å². The maximum Gasteiger partial charge on any atom is 0.490 e. The molecule has 2 atom stereocenters. The summed E-state index contributed by atoms with van der Waals surface area (Å²) >= 11 is 0. The van der Waals surface area contributed by atoms with Gasteiger partial charge in [-0.05, 0) is 26.7 Å². The minimum Gasteiger partial charge on any atom is -0.475 e. The van der Waals surface area contributed by atoms with Crippen LogP contribution >= 0.6 is 0 Å². The molecule has 0 aliphatic carbocycles. The number of anilines is 3. The number of carbonyl (C=O) groups is 1. The first kappa shape index (κ1) is 20.8. The first-order valence-corrected chi connectivity index (χ1v) is 9.06. The molecule has 0 aromatic carbocycles. The summed E-state index contributed by atoms with van der Waals surface area (Å²) in [5.41, 5.74) is 1.97. The van der Waals surface area contributed by atoms with Crippen LogP contribution in [0.4, 0.5) is 30.8 Å². The van der Waals surface area contributed by atoms with Crippen LogP contribution < -0.4 is 15.5 Å². The number of nitrogens with one attached hydrogen (secondary N) is 3. The third kappa shape index (κ3) is 5.56. The van der Waals surface area contributed by atoms with Gasteiger partial charge in [0.2, 0.25) is 5.95 Å². The molecular formula is C17H22F3N7O2. The van der Waals surface area contributed by atoms with Crippen molar-refractivity contribution in [3.8, 4) is 0 Å². The molecule has 2 saturated heterocycles. The number of halogens is 3. The number of nitrogens with zero attached hydrogens (tertiary/aromatic N) is 4. The molecule has 9 nitrogen and oxygen atoms in total. The number of fused-ring (bicyclic) bond motifs is 2. The van der Waals surface area contributed by atoms with E-state index in [9.17, 15) is 13.2 Å². The van der Waals surface area contributed by atoms with Gasteiger partial charge in [-0.2, -0.15) is 23.3 Å². The van der Waals surface area contributed by atoms with Crippen LogP contribution in [0.2, 0.25) is 0 Å². The van der Waals surface area contributed by atoms with Gasteiger partial charge in [-0.25, -0.2) is 9.78 Å². The van der Waals surface area contributed by atoms with Crippen molar-refractivity contribution in [2.45, 2.75) is 44.9 Å². The smallest absolute Gasteiger partial charge is 0.475 e. The molecule has 0 saturated carbocycles.